The Hall–Kier alpha value is -0.330. The quantitative estimate of drug-likeness (QED) is 0.425. The van der Waals surface area contributed by atoms with Crippen molar-refractivity contribution in [3.63, 3.8) is 0 Å². The summed E-state index contributed by atoms with van der Waals surface area (Å²) in [5.41, 5.74) is 0. The average Bonchev–Trinajstić information content (AvgIpc) is 2.15. The van der Waals surface area contributed by atoms with Gasteiger partial charge in [-0.15, -0.1) is 0 Å². The number of hydrogen-bond acceptors (Lipinski definition) is 4. The largest absolute Gasteiger partial charge is 0.466 e. The summed E-state index contributed by atoms with van der Waals surface area (Å²) in [6.07, 6.45) is 0.735. The highest BCUT2D eigenvalue weighted by atomic mass is 127. The van der Waals surface area contributed by atoms with Gasteiger partial charge in [-0.3, -0.25) is 9.59 Å². The summed E-state index contributed by atoms with van der Waals surface area (Å²) in [7, 11) is 0. The van der Waals surface area contributed by atoms with Crippen molar-refractivity contribution in [1.82, 2.24) is 0 Å². The number of carbonyl (C=O) groups excluding carboxylic acids is 2. The minimum absolute atomic E-state index is 0.264. The maximum atomic E-state index is 11.1. The van der Waals surface area contributed by atoms with Crippen molar-refractivity contribution in [1.29, 1.82) is 0 Å². The summed E-state index contributed by atoms with van der Waals surface area (Å²) in [6, 6.07) is 0. The number of alkyl halides is 1. The summed E-state index contributed by atoms with van der Waals surface area (Å²) in [4.78, 5) is 22.1. The normalized spacial score (nSPS) is 11.9. The van der Waals surface area contributed by atoms with E-state index in [1.807, 2.05) is 22.6 Å². The number of hydrogen-bond donors (Lipinski definition) is 0. The molecule has 0 N–H and O–H groups in total. The van der Waals surface area contributed by atoms with Gasteiger partial charge in [-0.25, -0.2) is 0 Å². The lowest BCUT2D eigenvalue weighted by molar-refractivity contribution is -0.144. The predicted octanol–water partition coefficient (Wildman–Crippen LogP) is 1.70. The van der Waals surface area contributed by atoms with Crippen LogP contribution < -0.4 is 0 Å². The molecule has 1 unspecified atom stereocenters. The molecule has 0 saturated carbocycles. The molecular weight excluding hydrogens is 299 g/mol. The Balaban J connectivity index is 3.67. The Morgan fingerprint density at radius 3 is 2.29 bits per heavy atom. The van der Waals surface area contributed by atoms with Crippen LogP contribution in [0.4, 0.5) is 0 Å². The van der Waals surface area contributed by atoms with Gasteiger partial charge in [0.2, 0.25) is 0 Å². The third-order valence-corrected chi connectivity index (χ3v) is 2.58. The summed E-state index contributed by atoms with van der Waals surface area (Å²) in [6.45, 7) is 4.26. The summed E-state index contributed by atoms with van der Waals surface area (Å²) >= 11 is 1.97. The second kappa shape index (κ2) is 8.02. The second-order valence-electron chi connectivity index (χ2n) is 2.56. The van der Waals surface area contributed by atoms with Crippen molar-refractivity contribution in [2.24, 2.45) is 0 Å². The van der Waals surface area contributed by atoms with E-state index in [-0.39, 0.29) is 22.3 Å². The van der Waals surface area contributed by atoms with Gasteiger partial charge in [0.1, 0.15) is 3.92 Å². The highest BCUT2D eigenvalue weighted by Gasteiger charge is 2.17. The standard InChI is InChI=1S/C9H15IO4/c1-3-13-8(11)6-5-7(10)9(12)14-4-2/h7H,3-6H2,1-2H3. The number of rotatable bonds is 6. The van der Waals surface area contributed by atoms with Gasteiger partial charge in [0, 0.05) is 6.42 Å². The Bertz CT molecular complexity index is 193. The predicted molar refractivity (Wildman–Crippen MR) is 60.3 cm³/mol. The molecule has 5 heteroatoms. The highest BCUT2D eigenvalue weighted by Crippen LogP contribution is 2.11. The zero-order valence-electron chi connectivity index (χ0n) is 8.42. The number of halogens is 1. The van der Waals surface area contributed by atoms with Crippen LogP contribution in [0.5, 0.6) is 0 Å². The van der Waals surface area contributed by atoms with Gasteiger partial charge in [-0.05, 0) is 20.3 Å². The minimum atomic E-state index is -0.267. The topological polar surface area (TPSA) is 52.6 Å². The van der Waals surface area contributed by atoms with Crippen LogP contribution in [-0.4, -0.2) is 29.1 Å². The molecule has 0 bridgehead atoms. The van der Waals surface area contributed by atoms with Crippen LogP contribution in [0.25, 0.3) is 0 Å². The Labute approximate surface area is 97.5 Å². The van der Waals surface area contributed by atoms with Crippen LogP contribution in [-0.2, 0) is 19.1 Å². The molecule has 4 nitrogen and oxygen atoms in total. The van der Waals surface area contributed by atoms with Crippen LogP contribution in [0.2, 0.25) is 0 Å². The van der Waals surface area contributed by atoms with Crippen LogP contribution in [0.3, 0.4) is 0 Å². The molecular formula is C9H15IO4. The fraction of sp³-hybridized carbons (Fsp3) is 0.778. The fourth-order valence-electron chi connectivity index (χ4n) is 0.828. The first-order chi connectivity index (χ1) is 6.61. The van der Waals surface area contributed by atoms with Gasteiger partial charge in [0.15, 0.2) is 0 Å². The lowest BCUT2D eigenvalue weighted by Crippen LogP contribution is -2.18. The third-order valence-electron chi connectivity index (χ3n) is 1.45. The van der Waals surface area contributed by atoms with E-state index < -0.39 is 0 Å². The van der Waals surface area contributed by atoms with Gasteiger partial charge in [-0.1, -0.05) is 22.6 Å². The summed E-state index contributed by atoms with van der Waals surface area (Å²) in [5.74, 6) is -0.532. The number of esters is 2. The molecule has 0 aliphatic carbocycles. The smallest absolute Gasteiger partial charge is 0.318 e. The van der Waals surface area contributed by atoms with Crippen LogP contribution >= 0.6 is 22.6 Å². The first kappa shape index (κ1) is 13.7. The van der Waals surface area contributed by atoms with E-state index in [2.05, 4.69) is 0 Å². The molecule has 0 fully saturated rings. The maximum Gasteiger partial charge on any atom is 0.318 e. The van der Waals surface area contributed by atoms with E-state index in [0.717, 1.165) is 0 Å². The van der Waals surface area contributed by atoms with Crippen molar-refractivity contribution in [2.75, 3.05) is 13.2 Å². The van der Waals surface area contributed by atoms with Crippen molar-refractivity contribution < 1.29 is 19.1 Å². The third kappa shape index (κ3) is 6.17. The molecule has 1 atom stereocenters. The molecule has 14 heavy (non-hydrogen) atoms. The van der Waals surface area contributed by atoms with Gasteiger partial charge in [-0.2, -0.15) is 0 Å². The van der Waals surface area contributed by atoms with Crippen molar-refractivity contribution in [3.8, 4) is 0 Å². The fourth-order valence-corrected chi connectivity index (χ4v) is 1.32. The van der Waals surface area contributed by atoms with Crippen LogP contribution in [0, 0.1) is 0 Å². The molecule has 82 valence electrons. The molecule has 0 aromatic carbocycles. The lowest BCUT2D eigenvalue weighted by atomic mass is 10.2. The van der Waals surface area contributed by atoms with E-state index >= 15 is 0 Å². The van der Waals surface area contributed by atoms with E-state index in [9.17, 15) is 9.59 Å². The van der Waals surface area contributed by atoms with Crippen LogP contribution in [0.15, 0.2) is 0 Å². The van der Waals surface area contributed by atoms with Crippen molar-refractivity contribution >= 4 is 34.5 Å². The van der Waals surface area contributed by atoms with Crippen LogP contribution in [0.1, 0.15) is 26.7 Å². The molecule has 0 spiro atoms. The highest BCUT2D eigenvalue weighted by molar-refractivity contribution is 14.1. The van der Waals surface area contributed by atoms with E-state index in [4.69, 9.17) is 9.47 Å². The zero-order chi connectivity index (χ0) is 11.0. The number of ether oxygens (including phenoxy) is 2. The lowest BCUT2D eigenvalue weighted by Gasteiger charge is -2.07. The number of carbonyl (C=O) groups is 2. The molecule has 0 saturated heterocycles. The maximum absolute atomic E-state index is 11.1. The van der Waals surface area contributed by atoms with E-state index in [0.29, 0.717) is 19.6 Å². The van der Waals surface area contributed by atoms with E-state index in [1.54, 1.807) is 13.8 Å². The second-order valence-corrected chi connectivity index (χ2v) is 4.07. The monoisotopic (exact) mass is 314 g/mol. The Morgan fingerprint density at radius 1 is 1.21 bits per heavy atom. The summed E-state index contributed by atoms with van der Waals surface area (Å²) in [5, 5.41) is 0. The molecule has 0 aromatic rings. The van der Waals surface area contributed by atoms with Gasteiger partial charge >= 0.3 is 11.9 Å². The molecule has 0 radical (unpaired) electrons. The van der Waals surface area contributed by atoms with Crippen molar-refractivity contribution in [3.05, 3.63) is 0 Å². The average molecular weight is 314 g/mol. The molecule has 0 heterocycles. The molecule has 0 amide bonds. The minimum Gasteiger partial charge on any atom is -0.466 e. The molecule has 0 aliphatic heterocycles. The first-order valence-corrected chi connectivity index (χ1v) is 5.82. The zero-order valence-corrected chi connectivity index (χ0v) is 10.6. The molecule has 0 rings (SSSR count). The molecule has 0 aliphatic rings. The SMILES string of the molecule is CCOC(=O)CCC(I)C(=O)OCC. The Kier molecular flexibility index (Phi) is 7.83. The summed E-state index contributed by atoms with van der Waals surface area (Å²) < 4.78 is 9.27. The van der Waals surface area contributed by atoms with Gasteiger partial charge < -0.3 is 9.47 Å². The van der Waals surface area contributed by atoms with E-state index in [1.165, 1.54) is 0 Å². The van der Waals surface area contributed by atoms with Gasteiger partial charge in [0.05, 0.1) is 13.2 Å². The Morgan fingerprint density at radius 2 is 1.79 bits per heavy atom. The van der Waals surface area contributed by atoms with Gasteiger partial charge in [0.25, 0.3) is 0 Å². The molecule has 0 aromatic heterocycles. The van der Waals surface area contributed by atoms with Crippen molar-refractivity contribution in [2.45, 2.75) is 30.6 Å². The first-order valence-electron chi connectivity index (χ1n) is 4.58.